The molecule has 4 heterocycles. The van der Waals surface area contributed by atoms with E-state index in [1.807, 2.05) is 13.1 Å². The van der Waals surface area contributed by atoms with Crippen LogP contribution in [0.3, 0.4) is 0 Å². The average molecular weight is 483 g/mol. The number of aromatic nitrogens is 5. The number of guanidine groups is 1. The summed E-state index contributed by atoms with van der Waals surface area (Å²) >= 11 is 0. The highest BCUT2D eigenvalue weighted by atomic mass is 127. The van der Waals surface area contributed by atoms with Gasteiger partial charge in [0.2, 0.25) is 5.95 Å². The van der Waals surface area contributed by atoms with E-state index in [-0.39, 0.29) is 24.0 Å². The zero-order valence-electron chi connectivity index (χ0n) is 15.6. The van der Waals surface area contributed by atoms with Gasteiger partial charge in [0.25, 0.3) is 0 Å². The van der Waals surface area contributed by atoms with Gasteiger partial charge >= 0.3 is 0 Å². The predicted octanol–water partition coefficient (Wildman–Crippen LogP) is 0.920. The molecule has 9 nitrogen and oxygen atoms in total. The summed E-state index contributed by atoms with van der Waals surface area (Å²) in [5.74, 6) is 3.81. The zero-order valence-corrected chi connectivity index (χ0v) is 17.9. The van der Waals surface area contributed by atoms with Gasteiger partial charge in [-0.3, -0.25) is 4.99 Å². The third kappa shape index (κ3) is 4.47. The average Bonchev–Trinajstić information content (AvgIpc) is 3.13. The van der Waals surface area contributed by atoms with Crippen molar-refractivity contribution in [2.75, 3.05) is 38.1 Å². The van der Waals surface area contributed by atoms with E-state index in [1.54, 1.807) is 12.4 Å². The Kier molecular flexibility index (Phi) is 6.80. The van der Waals surface area contributed by atoms with E-state index in [0.29, 0.717) is 6.54 Å². The van der Waals surface area contributed by atoms with Crippen molar-refractivity contribution in [2.45, 2.75) is 32.4 Å². The first-order valence-electron chi connectivity index (χ1n) is 9.23. The van der Waals surface area contributed by atoms with E-state index >= 15 is 0 Å². The SMILES string of the molecule is CN=C(NCc1nnc2n1CCCC2)N1CCN(c2ncccn2)CC1.I. The smallest absolute Gasteiger partial charge is 0.225 e. The summed E-state index contributed by atoms with van der Waals surface area (Å²) in [5.41, 5.74) is 0. The first kappa shape index (κ1) is 19.8. The van der Waals surface area contributed by atoms with Gasteiger partial charge in [-0.25, -0.2) is 9.97 Å². The Hall–Kier alpha value is -1.98. The molecule has 1 saturated heterocycles. The number of aryl methyl sites for hydroxylation is 1. The summed E-state index contributed by atoms with van der Waals surface area (Å²) in [6, 6.07) is 1.84. The van der Waals surface area contributed by atoms with Crippen LogP contribution in [0.25, 0.3) is 0 Å². The van der Waals surface area contributed by atoms with Crippen molar-refractivity contribution in [3.63, 3.8) is 0 Å². The molecule has 1 fully saturated rings. The molecule has 0 radical (unpaired) electrons. The highest BCUT2D eigenvalue weighted by molar-refractivity contribution is 14.0. The molecule has 0 amide bonds. The summed E-state index contributed by atoms with van der Waals surface area (Å²) in [5, 5.41) is 12.1. The van der Waals surface area contributed by atoms with Crippen molar-refractivity contribution in [1.29, 1.82) is 0 Å². The normalized spacial score (nSPS) is 17.3. The minimum Gasteiger partial charge on any atom is -0.349 e. The molecule has 1 N–H and O–H groups in total. The van der Waals surface area contributed by atoms with Crippen LogP contribution in [0.1, 0.15) is 24.5 Å². The van der Waals surface area contributed by atoms with Crippen LogP contribution in [-0.2, 0) is 19.5 Å². The molecule has 0 aliphatic carbocycles. The van der Waals surface area contributed by atoms with Gasteiger partial charge in [0, 0.05) is 58.6 Å². The zero-order chi connectivity index (χ0) is 17.8. The summed E-state index contributed by atoms with van der Waals surface area (Å²) in [6.45, 7) is 5.21. The minimum absolute atomic E-state index is 0. The van der Waals surface area contributed by atoms with Gasteiger partial charge in [-0.05, 0) is 18.9 Å². The summed E-state index contributed by atoms with van der Waals surface area (Å²) in [7, 11) is 1.83. The highest BCUT2D eigenvalue weighted by Crippen LogP contribution is 2.14. The molecule has 0 unspecified atom stereocenters. The molecule has 10 heteroatoms. The molecule has 4 rings (SSSR count). The lowest BCUT2D eigenvalue weighted by molar-refractivity contribution is 0.369. The molecule has 2 aliphatic rings. The number of hydrogen-bond acceptors (Lipinski definition) is 6. The fraction of sp³-hybridized carbons (Fsp3) is 0.588. The van der Waals surface area contributed by atoms with E-state index in [9.17, 15) is 0 Å². The second kappa shape index (κ2) is 9.29. The maximum Gasteiger partial charge on any atom is 0.225 e. The number of aliphatic imine (C=N–C) groups is 1. The van der Waals surface area contributed by atoms with Crippen molar-refractivity contribution in [3.05, 3.63) is 30.1 Å². The van der Waals surface area contributed by atoms with Crippen LogP contribution in [0.15, 0.2) is 23.5 Å². The van der Waals surface area contributed by atoms with E-state index in [0.717, 1.165) is 62.7 Å². The number of hydrogen-bond donors (Lipinski definition) is 1. The van der Waals surface area contributed by atoms with Gasteiger partial charge < -0.3 is 19.7 Å². The number of anilines is 1. The molecular weight excluding hydrogens is 457 g/mol. The van der Waals surface area contributed by atoms with Crippen LogP contribution in [0.4, 0.5) is 5.95 Å². The van der Waals surface area contributed by atoms with Gasteiger partial charge in [-0.15, -0.1) is 34.2 Å². The van der Waals surface area contributed by atoms with Gasteiger partial charge in [-0.1, -0.05) is 0 Å². The maximum atomic E-state index is 4.45. The molecule has 0 aromatic carbocycles. The van der Waals surface area contributed by atoms with Gasteiger partial charge in [0.1, 0.15) is 5.82 Å². The minimum atomic E-state index is 0. The van der Waals surface area contributed by atoms with Crippen LogP contribution in [0.5, 0.6) is 0 Å². The van der Waals surface area contributed by atoms with Gasteiger partial charge in [-0.2, -0.15) is 0 Å². The second-order valence-electron chi connectivity index (χ2n) is 6.56. The molecular formula is C17H26IN9. The van der Waals surface area contributed by atoms with Crippen molar-refractivity contribution in [3.8, 4) is 0 Å². The molecule has 2 aromatic rings. The fourth-order valence-electron chi connectivity index (χ4n) is 3.56. The predicted molar refractivity (Wildman–Crippen MR) is 114 cm³/mol. The molecule has 2 aliphatic heterocycles. The fourth-order valence-corrected chi connectivity index (χ4v) is 3.56. The number of halogens is 1. The summed E-state index contributed by atoms with van der Waals surface area (Å²) < 4.78 is 2.24. The lowest BCUT2D eigenvalue weighted by atomic mass is 10.2. The second-order valence-corrected chi connectivity index (χ2v) is 6.56. The van der Waals surface area contributed by atoms with Gasteiger partial charge in [0.15, 0.2) is 11.8 Å². The summed E-state index contributed by atoms with van der Waals surface area (Å²) in [4.78, 5) is 17.6. The van der Waals surface area contributed by atoms with Crippen LogP contribution in [-0.4, -0.2) is 68.8 Å². The molecule has 27 heavy (non-hydrogen) atoms. The van der Waals surface area contributed by atoms with E-state index < -0.39 is 0 Å². The standard InChI is InChI=1S/C17H25N9.HI/c1-18-16(21-13-15-23-22-14-5-2-3-8-26(14)15)24-9-11-25(12-10-24)17-19-6-4-7-20-17;/h4,6-7H,2-3,5,8-13H2,1H3,(H,18,21);1H. The first-order chi connectivity index (χ1) is 12.8. The van der Waals surface area contributed by atoms with Crippen molar-refractivity contribution in [2.24, 2.45) is 4.99 Å². The molecule has 146 valence electrons. The third-order valence-electron chi connectivity index (χ3n) is 4.97. The number of piperazine rings is 1. The third-order valence-corrected chi connectivity index (χ3v) is 4.97. The Morgan fingerprint density at radius 2 is 1.85 bits per heavy atom. The molecule has 2 aromatic heterocycles. The quantitative estimate of drug-likeness (QED) is 0.395. The topological polar surface area (TPSA) is 87.4 Å². The largest absolute Gasteiger partial charge is 0.349 e. The Labute approximate surface area is 176 Å². The number of fused-ring (bicyclic) bond motifs is 1. The van der Waals surface area contributed by atoms with E-state index in [1.165, 1.54) is 12.8 Å². The molecule has 0 saturated carbocycles. The number of nitrogens with one attached hydrogen (secondary N) is 1. The Morgan fingerprint density at radius 1 is 1.07 bits per heavy atom. The van der Waals surface area contributed by atoms with Crippen molar-refractivity contribution in [1.82, 2.24) is 34.9 Å². The van der Waals surface area contributed by atoms with Gasteiger partial charge in [0.05, 0.1) is 6.54 Å². The molecule has 0 spiro atoms. The first-order valence-corrected chi connectivity index (χ1v) is 9.23. The Balaban J connectivity index is 0.00000210. The van der Waals surface area contributed by atoms with Crippen molar-refractivity contribution < 1.29 is 0 Å². The van der Waals surface area contributed by atoms with E-state index in [2.05, 4.69) is 44.8 Å². The molecule has 0 atom stereocenters. The maximum absolute atomic E-state index is 4.45. The van der Waals surface area contributed by atoms with Crippen LogP contribution in [0, 0.1) is 0 Å². The van der Waals surface area contributed by atoms with E-state index in [4.69, 9.17) is 0 Å². The molecule has 0 bridgehead atoms. The van der Waals surface area contributed by atoms with Crippen molar-refractivity contribution >= 4 is 35.9 Å². The lowest BCUT2D eigenvalue weighted by Gasteiger charge is -2.36. The highest BCUT2D eigenvalue weighted by Gasteiger charge is 2.22. The Morgan fingerprint density at radius 3 is 2.59 bits per heavy atom. The monoisotopic (exact) mass is 483 g/mol. The van der Waals surface area contributed by atoms with Crippen LogP contribution >= 0.6 is 24.0 Å². The number of rotatable bonds is 3. The number of nitrogens with zero attached hydrogens (tertiary/aromatic N) is 8. The summed E-state index contributed by atoms with van der Waals surface area (Å²) in [6.07, 6.45) is 7.02. The van der Waals surface area contributed by atoms with Crippen LogP contribution in [0.2, 0.25) is 0 Å². The lowest BCUT2D eigenvalue weighted by Crippen LogP contribution is -2.52. The Bertz CT molecular complexity index is 753. The van der Waals surface area contributed by atoms with Crippen LogP contribution < -0.4 is 10.2 Å².